The van der Waals surface area contributed by atoms with Crippen molar-refractivity contribution in [3.05, 3.63) is 42.5 Å². The lowest BCUT2D eigenvalue weighted by molar-refractivity contribution is 0.196. The van der Waals surface area contributed by atoms with Crippen molar-refractivity contribution in [1.82, 2.24) is 39.5 Å². The van der Waals surface area contributed by atoms with Gasteiger partial charge in [0.05, 0.1) is 24.7 Å². The highest BCUT2D eigenvalue weighted by atomic mass is 16.5. The van der Waals surface area contributed by atoms with E-state index in [2.05, 4.69) is 35.5 Å². The molecule has 1 saturated heterocycles. The summed E-state index contributed by atoms with van der Waals surface area (Å²) in [4.78, 5) is 38.1. The highest BCUT2D eigenvalue weighted by molar-refractivity contribution is 5.77. The van der Waals surface area contributed by atoms with E-state index in [4.69, 9.17) is 15.5 Å². The first-order chi connectivity index (χ1) is 17.4. The van der Waals surface area contributed by atoms with E-state index < -0.39 is 0 Å². The molecule has 13 heteroatoms. The third-order valence-electron chi connectivity index (χ3n) is 5.93. The number of nitrogens with one attached hydrogen (secondary N) is 2. The molecule has 0 bridgehead atoms. The number of ether oxygens (including phenoxy) is 1. The van der Waals surface area contributed by atoms with Crippen LogP contribution in [0.5, 0.6) is 5.88 Å². The van der Waals surface area contributed by atoms with Gasteiger partial charge >= 0.3 is 6.03 Å². The molecule has 0 aliphatic carbocycles. The first kappa shape index (κ1) is 23.1. The lowest BCUT2D eigenvalue weighted by atomic mass is 10.2. The predicted molar refractivity (Wildman–Crippen MR) is 135 cm³/mol. The molecule has 0 atom stereocenters. The summed E-state index contributed by atoms with van der Waals surface area (Å²) in [6.07, 6.45) is 3.66. The molecular formula is C23H27N11O2. The number of carbonyl (C=O) groups excluding carboxylic acids is 1. The molecule has 186 valence electrons. The van der Waals surface area contributed by atoms with Gasteiger partial charge < -0.3 is 30.9 Å². The highest BCUT2D eigenvalue weighted by Crippen LogP contribution is 2.31. The fourth-order valence-corrected chi connectivity index (χ4v) is 4.17. The Balaban J connectivity index is 1.54. The van der Waals surface area contributed by atoms with Crippen LogP contribution in [-0.2, 0) is 0 Å². The average molecular weight is 490 g/mol. The number of rotatable bonds is 5. The zero-order valence-corrected chi connectivity index (χ0v) is 20.3. The zero-order chi connectivity index (χ0) is 25.2. The first-order valence-electron chi connectivity index (χ1n) is 11.4. The second-order valence-corrected chi connectivity index (χ2v) is 8.23. The largest absolute Gasteiger partial charge is 0.481 e. The molecular weight excluding hydrogens is 462 g/mol. The van der Waals surface area contributed by atoms with Gasteiger partial charge in [-0.25, -0.2) is 19.7 Å². The number of amides is 2. The van der Waals surface area contributed by atoms with Crippen molar-refractivity contribution < 1.29 is 9.53 Å². The number of pyridine rings is 2. The number of imidazole rings is 1. The van der Waals surface area contributed by atoms with Crippen LogP contribution < -0.4 is 26.0 Å². The molecule has 36 heavy (non-hydrogen) atoms. The van der Waals surface area contributed by atoms with E-state index in [9.17, 15) is 4.79 Å². The Morgan fingerprint density at radius 3 is 2.53 bits per heavy atom. The molecule has 5 rings (SSSR count). The van der Waals surface area contributed by atoms with E-state index in [-0.39, 0.29) is 12.0 Å². The minimum absolute atomic E-state index is 0.0615. The molecule has 4 aromatic heterocycles. The SMILES string of the molecule is CNC(=O)N1CCN(c2ccc3nc(Nc4ccc(OC)nc4)c(-c4nc(C)nc(N)n4)n3c2)CC1. The molecule has 2 amide bonds. The van der Waals surface area contributed by atoms with E-state index >= 15 is 0 Å². The van der Waals surface area contributed by atoms with Crippen molar-refractivity contribution in [3.63, 3.8) is 0 Å². The average Bonchev–Trinajstić information content (AvgIpc) is 3.25. The summed E-state index contributed by atoms with van der Waals surface area (Å²) in [5.41, 5.74) is 9.03. The van der Waals surface area contributed by atoms with Gasteiger partial charge in [-0.05, 0) is 25.1 Å². The maximum atomic E-state index is 12.0. The smallest absolute Gasteiger partial charge is 0.317 e. The molecule has 1 fully saturated rings. The summed E-state index contributed by atoms with van der Waals surface area (Å²) < 4.78 is 7.09. The van der Waals surface area contributed by atoms with Crippen molar-refractivity contribution in [2.75, 3.05) is 56.3 Å². The van der Waals surface area contributed by atoms with Crippen LogP contribution >= 0.6 is 0 Å². The van der Waals surface area contributed by atoms with Crippen LogP contribution in [0.1, 0.15) is 5.82 Å². The van der Waals surface area contributed by atoms with Crippen LogP contribution in [0.15, 0.2) is 36.7 Å². The van der Waals surface area contributed by atoms with E-state index in [1.165, 1.54) is 0 Å². The molecule has 0 radical (unpaired) electrons. The molecule has 5 heterocycles. The summed E-state index contributed by atoms with van der Waals surface area (Å²) in [7, 11) is 3.21. The fourth-order valence-electron chi connectivity index (χ4n) is 4.17. The Morgan fingerprint density at radius 2 is 1.86 bits per heavy atom. The number of methoxy groups -OCH3 is 1. The Morgan fingerprint density at radius 1 is 1.06 bits per heavy atom. The van der Waals surface area contributed by atoms with E-state index in [0.29, 0.717) is 60.9 Å². The Bertz CT molecular complexity index is 1380. The summed E-state index contributed by atoms with van der Waals surface area (Å²) >= 11 is 0. The number of anilines is 4. The number of urea groups is 1. The maximum absolute atomic E-state index is 12.0. The summed E-state index contributed by atoms with van der Waals surface area (Å²) in [6, 6.07) is 7.52. The van der Waals surface area contributed by atoms with Gasteiger partial charge in [0.25, 0.3) is 0 Å². The van der Waals surface area contributed by atoms with Crippen LogP contribution in [0.3, 0.4) is 0 Å². The molecule has 13 nitrogen and oxygen atoms in total. The molecule has 4 aromatic rings. The number of hydrogen-bond donors (Lipinski definition) is 3. The van der Waals surface area contributed by atoms with Gasteiger partial charge in [-0.15, -0.1) is 0 Å². The molecule has 1 aliphatic heterocycles. The van der Waals surface area contributed by atoms with Crippen molar-refractivity contribution in [2.24, 2.45) is 0 Å². The number of piperazine rings is 1. The second-order valence-electron chi connectivity index (χ2n) is 8.23. The van der Waals surface area contributed by atoms with Gasteiger partial charge in [0.15, 0.2) is 11.6 Å². The van der Waals surface area contributed by atoms with Gasteiger partial charge in [-0.3, -0.25) is 4.40 Å². The van der Waals surface area contributed by atoms with Crippen molar-refractivity contribution >= 4 is 34.8 Å². The highest BCUT2D eigenvalue weighted by Gasteiger charge is 2.23. The first-order valence-corrected chi connectivity index (χ1v) is 11.4. The maximum Gasteiger partial charge on any atom is 0.317 e. The minimum atomic E-state index is -0.0615. The molecule has 0 saturated carbocycles. The lowest BCUT2D eigenvalue weighted by Crippen LogP contribution is -2.51. The molecule has 4 N–H and O–H groups in total. The van der Waals surface area contributed by atoms with Gasteiger partial charge in [0.2, 0.25) is 11.8 Å². The van der Waals surface area contributed by atoms with Gasteiger partial charge in [-0.2, -0.15) is 9.97 Å². The number of nitrogens with two attached hydrogens (primary N) is 1. The summed E-state index contributed by atoms with van der Waals surface area (Å²) in [5, 5.41) is 6.00. The van der Waals surface area contributed by atoms with Crippen LogP contribution in [0.25, 0.3) is 17.2 Å². The van der Waals surface area contributed by atoms with Crippen LogP contribution in [0.4, 0.5) is 27.9 Å². The zero-order valence-electron chi connectivity index (χ0n) is 20.3. The number of nitrogen functional groups attached to an aromatic ring is 1. The quantitative estimate of drug-likeness (QED) is 0.377. The van der Waals surface area contributed by atoms with Crippen molar-refractivity contribution in [1.29, 1.82) is 0 Å². The number of carbonyl (C=O) groups is 1. The third kappa shape index (κ3) is 4.50. The monoisotopic (exact) mass is 489 g/mol. The molecule has 0 unspecified atom stereocenters. The number of hydrogen-bond acceptors (Lipinski definition) is 10. The van der Waals surface area contributed by atoms with E-state index in [1.54, 1.807) is 38.2 Å². The second kappa shape index (κ2) is 9.52. The predicted octanol–water partition coefficient (Wildman–Crippen LogP) is 1.69. The number of aryl methyl sites for hydroxylation is 1. The Kier molecular flexibility index (Phi) is 6.10. The number of fused-ring (bicyclic) bond motifs is 1. The number of aromatic nitrogens is 6. The van der Waals surface area contributed by atoms with Gasteiger partial charge in [0.1, 0.15) is 17.2 Å². The standard InChI is InChI=1S/C23H27N11O2/c1-14-27-20(31-22(24)28-14)19-21(29-15-4-7-18(36-3)26-12-15)30-17-6-5-16(13-34(17)19)32-8-10-33(11-9-32)23(35)25-2/h4-7,12-13,29H,8-11H2,1-3H3,(H,25,35)(H2,24,27,28,31). The van der Waals surface area contributed by atoms with Crippen molar-refractivity contribution in [2.45, 2.75) is 6.92 Å². The molecule has 0 spiro atoms. The van der Waals surface area contributed by atoms with E-state index in [1.807, 2.05) is 28.8 Å². The molecule has 0 aromatic carbocycles. The Labute approximate surface area is 207 Å². The van der Waals surface area contributed by atoms with Crippen LogP contribution in [0, 0.1) is 6.92 Å². The van der Waals surface area contributed by atoms with Crippen molar-refractivity contribution in [3.8, 4) is 17.4 Å². The van der Waals surface area contributed by atoms with Crippen LogP contribution in [0.2, 0.25) is 0 Å². The summed E-state index contributed by atoms with van der Waals surface area (Å²) in [6.45, 7) is 4.46. The topological polar surface area (TPSA) is 152 Å². The summed E-state index contributed by atoms with van der Waals surface area (Å²) in [5.74, 6) is 2.10. The van der Waals surface area contributed by atoms with E-state index in [0.717, 1.165) is 11.4 Å². The fraction of sp³-hybridized carbons (Fsp3) is 0.304. The normalized spacial score (nSPS) is 13.6. The van der Waals surface area contributed by atoms with Gasteiger partial charge in [0, 0.05) is 45.5 Å². The van der Waals surface area contributed by atoms with Gasteiger partial charge in [-0.1, -0.05) is 0 Å². The third-order valence-corrected chi connectivity index (χ3v) is 5.93. The van der Waals surface area contributed by atoms with Crippen LogP contribution in [-0.4, -0.2) is 80.6 Å². The minimum Gasteiger partial charge on any atom is -0.481 e. The Hall–Kier alpha value is -4.68. The molecule has 1 aliphatic rings. The lowest BCUT2D eigenvalue weighted by Gasteiger charge is -2.35. The number of nitrogens with zero attached hydrogens (tertiary/aromatic N) is 8.